The average molecular weight is 250 g/mol. The molecule has 8 heteroatoms. The maximum absolute atomic E-state index is 14.2. The summed E-state index contributed by atoms with van der Waals surface area (Å²) >= 11 is 0. The lowest BCUT2D eigenvalue weighted by molar-refractivity contribution is 0.290. The lowest BCUT2D eigenvalue weighted by atomic mass is 9.49. The van der Waals surface area contributed by atoms with Gasteiger partial charge in [-0.1, -0.05) is 24.0 Å². The maximum Gasteiger partial charge on any atom is 0.498 e. The van der Waals surface area contributed by atoms with Gasteiger partial charge in [-0.2, -0.15) is 0 Å². The largest absolute Gasteiger partial charge is 0.498 e. The van der Waals surface area contributed by atoms with E-state index in [-0.39, 0.29) is 12.2 Å². The molecule has 2 rings (SSSR count). The molecule has 0 radical (unpaired) electrons. The van der Waals surface area contributed by atoms with Gasteiger partial charge in [0.15, 0.2) is 6.71 Å². The van der Waals surface area contributed by atoms with Crippen molar-refractivity contribution < 1.29 is 18.3 Å². The van der Waals surface area contributed by atoms with Crippen molar-refractivity contribution in [2.24, 2.45) is 0 Å². The van der Waals surface area contributed by atoms with Crippen molar-refractivity contribution in [1.29, 1.82) is 0 Å². The molecule has 0 spiro atoms. The Morgan fingerprint density at radius 1 is 1.17 bits per heavy atom. The van der Waals surface area contributed by atoms with Crippen molar-refractivity contribution in [2.45, 2.75) is 13.6 Å². The van der Waals surface area contributed by atoms with E-state index in [1.165, 1.54) is 20.3 Å². The molecule has 1 aromatic heterocycles. The topological polar surface area (TPSA) is 57.4 Å². The summed E-state index contributed by atoms with van der Waals surface area (Å²) in [6, 6.07) is 1.43. The third-order valence-corrected chi connectivity index (χ3v) is 2.84. The van der Waals surface area contributed by atoms with E-state index in [0.717, 1.165) is 5.46 Å². The van der Waals surface area contributed by atoms with Crippen molar-refractivity contribution in [2.75, 3.05) is 14.2 Å². The number of halogens is 1. The van der Waals surface area contributed by atoms with E-state index in [2.05, 4.69) is 10.3 Å². The van der Waals surface area contributed by atoms with Crippen LogP contribution in [0.5, 0.6) is 0 Å². The lowest BCUT2D eigenvalue weighted by Gasteiger charge is -2.12. The lowest BCUT2D eigenvalue weighted by Crippen LogP contribution is -2.40. The van der Waals surface area contributed by atoms with E-state index in [9.17, 15) is 4.39 Å². The second-order valence-corrected chi connectivity index (χ2v) is 4.28. The highest BCUT2D eigenvalue weighted by Gasteiger charge is 2.29. The van der Waals surface area contributed by atoms with Gasteiger partial charge in [0.1, 0.15) is 16.9 Å². The minimum absolute atomic E-state index is 0.117. The molecule has 1 heterocycles. The van der Waals surface area contributed by atoms with Gasteiger partial charge < -0.3 is 9.31 Å². The molecular formula is C10H13B2FN2O3. The fourth-order valence-corrected chi connectivity index (χ4v) is 1.95. The molecule has 0 saturated carbocycles. The molecule has 0 aliphatic carbocycles. The molecule has 0 aliphatic heterocycles. The summed E-state index contributed by atoms with van der Waals surface area (Å²) in [5, 5.41) is 7.58. The highest BCUT2D eigenvalue weighted by molar-refractivity contribution is 6.74. The van der Waals surface area contributed by atoms with Crippen LogP contribution in [0.4, 0.5) is 4.39 Å². The van der Waals surface area contributed by atoms with Crippen molar-refractivity contribution in [3.05, 3.63) is 11.9 Å². The van der Waals surface area contributed by atoms with Crippen LogP contribution in [0.25, 0.3) is 11.0 Å². The zero-order valence-corrected chi connectivity index (χ0v) is 10.7. The van der Waals surface area contributed by atoms with Gasteiger partial charge in [0.05, 0.1) is 0 Å². The molecule has 1 aromatic carbocycles. The third kappa shape index (κ3) is 2.02. The molecule has 0 unspecified atom stereocenters. The SMILES string of the molecule is COB(OC)c1c(F)cc(B(C)C)c2nonc12. The smallest absolute Gasteiger partial charge is 0.410 e. The predicted molar refractivity (Wildman–Crippen MR) is 68.3 cm³/mol. The Balaban J connectivity index is 2.72. The molecule has 0 aliphatic rings. The Hall–Kier alpha value is -1.40. The average Bonchev–Trinajstić information content (AvgIpc) is 2.81. The number of benzene rings is 1. The van der Waals surface area contributed by atoms with Gasteiger partial charge in [-0.3, -0.25) is 0 Å². The normalized spacial score (nSPS) is 10.9. The second kappa shape index (κ2) is 5.07. The van der Waals surface area contributed by atoms with Gasteiger partial charge in [-0.05, 0) is 11.5 Å². The van der Waals surface area contributed by atoms with Crippen LogP contribution in [-0.2, 0) is 9.31 Å². The number of fused-ring (bicyclic) bond motifs is 1. The van der Waals surface area contributed by atoms with Gasteiger partial charge in [0.2, 0.25) is 0 Å². The Kier molecular flexibility index (Phi) is 3.68. The first kappa shape index (κ1) is 13.0. The van der Waals surface area contributed by atoms with Crippen LogP contribution in [0, 0.1) is 5.82 Å². The highest BCUT2D eigenvalue weighted by atomic mass is 19.1. The van der Waals surface area contributed by atoms with Gasteiger partial charge in [-0.25, -0.2) is 9.02 Å². The predicted octanol–water partition coefficient (Wildman–Crippen LogP) is 0.311. The van der Waals surface area contributed by atoms with Gasteiger partial charge in [0, 0.05) is 19.7 Å². The van der Waals surface area contributed by atoms with Crippen molar-refractivity contribution in [1.82, 2.24) is 10.3 Å². The molecule has 0 atom stereocenters. The van der Waals surface area contributed by atoms with E-state index >= 15 is 0 Å². The minimum atomic E-state index is -0.833. The molecule has 18 heavy (non-hydrogen) atoms. The van der Waals surface area contributed by atoms with Crippen molar-refractivity contribution >= 4 is 35.8 Å². The molecule has 2 aromatic rings. The fourth-order valence-electron chi connectivity index (χ4n) is 1.95. The van der Waals surface area contributed by atoms with E-state index in [4.69, 9.17) is 13.9 Å². The first-order valence-electron chi connectivity index (χ1n) is 5.60. The molecule has 0 N–H and O–H groups in total. The molecular weight excluding hydrogens is 237 g/mol. The van der Waals surface area contributed by atoms with Gasteiger partial charge in [-0.15, -0.1) is 0 Å². The molecule has 0 bridgehead atoms. The van der Waals surface area contributed by atoms with Crippen LogP contribution in [0.1, 0.15) is 0 Å². The molecule has 5 nitrogen and oxygen atoms in total. The van der Waals surface area contributed by atoms with Crippen LogP contribution >= 0.6 is 0 Å². The van der Waals surface area contributed by atoms with E-state index < -0.39 is 12.9 Å². The number of aromatic nitrogens is 2. The minimum Gasteiger partial charge on any atom is -0.410 e. The van der Waals surface area contributed by atoms with Gasteiger partial charge in [0.25, 0.3) is 0 Å². The standard InChI is InChI=1S/C10H13B2FN2O3/c1-11(2)6-5-7(13)8(12(16-3)17-4)10-9(6)14-18-15-10/h5H,1-4H3. The number of rotatable bonds is 4. The zero-order chi connectivity index (χ0) is 13.3. The second-order valence-electron chi connectivity index (χ2n) is 4.28. The molecule has 0 fully saturated rings. The van der Waals surface area contributed by atoms with Crippen molar-refractivity contribution in [3.63, 3.8) is 0 Å². The Labute approximate surface area is 105 Å². The van der Waals surface area contributed by atoms with Crippen LogP contribution in [0.15, 0.2) is 10.7 Å². The summed E-state index contributed by atoms with van der Waals surface area (Å²) in [6.07, 6.45) is 0. The summed E-state index contributed by atoms with van der Waals surface area (Å²) in [6.45, 7) is 4.02. The van der Waals surface area contributed by atoms with E-state index in [1.54, 1.807) is 0 Å². The molecule has 0 saturated heterocycles. The summed E-state index contributed by atoms with van der Waals surface area (Å²) in [7, 11) is 2.03. The molecule has 94 valence electrons. The Morgan fingerprint density at radius 3 is 2.33 bits per heavy atom. The number of hydrogen-bond donors (Lipinski definition) is 0. The van der Waals surface area contributed by atoms with Crippen LogP contribution < -0.4 is 10.9 Å². The monoisotopic (exact) mass is 250 g/mol. The highest BCUT2D eigenvalue weighted by Crippen LogP contribution is 2.10. The van der Waals surface area contributed by atoms with Crippen LogP contribution in [0.2, 0.25) is 13.6 Å². The van der Waals surface area contributed by atoms with Crippen LogP contribution in [-0.4, -0.2) is 38.4 Å². The Morgan fingerprint density at radius 2 is 1.78 bits per heavy atom. The zero-order valence-electron chi connectivity index (χ0n) is 10.7. The maximum atomic E-state index is 14.2. The van der Waals surface area contributed by atoms with Crippen LogP contribution in [0.3, 0.4) is 0 Å². The summed E-state index contributed by atoms with van der Waals surface area (Å²) < 4.78 is 29.0. The number of hydrogen-bond acceptors (Lipinski definition) is 5. The van der Waals surface area contributed by atoms with E-state index in [0.29, 0.717) is 11.0 Å². The van der Waals surface area contributed by atoms with Gasteiger partial charge >= 0.3 is 7.12 Å². The summed E-state index contributed by atoms with van der Waals surface area (Å²) in [5.74, 6) is -0.435. The quantitative estimate of drug-likeness (QED) is 0.731. The summed E-state index contributed by atoms with van der Waals surface area (Å²) in [4.78, 5) is 0. The molecule has 0 amide bonds. The first-order chi connectivity index (χ1) is 8.60. The fraction of sp³-hybridized carbons (Fsp3) is 0.400. The van der Waals surface area contributed by atoms with E-state index in [1.807, 2.05) is 13.6 Å². The third-order valence-electron chi connectivity index (χ3n) is 2.84. The first-order valence-corrected chi connectivity index (χ1v) is 5.60. The number of nitrogens with zero attached hydrogens (tertiary/aromatic N) is 2. The van der Waals surface area contributed by atoms with Crippen molar-refractivity contribution in [3.8, 4) is 0 Å². The summed E-state index contributed by atoms with van der Waals surface area (Å²) in [5.41, 5.74) is 1.84. The Bertz CT molecular complexity index is 557.